The van der Waals surface area contributed by atoms with Gasteiger partial charge in [-0.2, -0.15) is 0 Å². The van der Waals surface area contributed by atoms with E-state index in [0.717, 1.165) is 19.3 Å². The molecule has 3 nitrogen and oxygen atoms in total. The minimum absolute atomic E-state index is 0. The normalized spacial score (nSPS) is 21.6. The van der Waals surface area contributed by atoms with Crippen molar-refractivity contribution in [2.75, 3.05) is 0 Å². The van der Waals surface area contributed by atoms with Crippen LogP contribution in [0.2, 0.25) is 0 Å². The first-order chi connectivity index (χ1) is 11.8. The van der Waals surface area contributed by atoms with Crippen molar-refractivity contribution >= 4 is 22.6 Å². The number of Topliss-reactive ketones (excluding diaryl/α,β-unsaturated/α-hetero) is 1. The number of ketones is 1. The van der Waals surface area contributed by atoms with Crippen molar-refractivity contribution in [3.63, 3.8) is 0 Å². The highest BCUT2D eigenvalue weighted by Crippen LogP contribution is 2.44. The van der Waals surface area contributed by atoms with Gasteiger partial charge in [0.25, 0.3) is 0 Å². The average molecular weight is 319 g/mol. The van der Waals surface area contributed by atoms with Crippen LogP contribution < -0.4 is 0 Å². The first kappa shape index (κ1) is 14.9. The Balaban J connectivity index is 0.000000264. The Bertz CT molecular complexity index is 869. The van der Waals surface area contributed by atoms with Gasteiger partial charge in [-0.05, 0) is 40.2 Å². The number of hydrogen-bond acceptors (Lipinski definition) is 3. The summed E-state index contributed by atoms with van der Waals surface area (Å²) in [6.45, 7) is 0. The Morgan fingerprint density at radius 2 is 2.08 bits per heavy atom. The van der Waals surface area contributed by atoms with Crippen LogP contribution in [0.3, 0.4) is 0 Å². The summed E-state index contributed by atoms with van der Waals surface area (Å²) < 4.78 is 4.47. The number of nitrogens with zero attached hydrogens (tertiary/aromatic N) is 1. The number of carbonyl (C=O) groups is 1. The molecule has 122 valence electrons. The fraction of sp³-hybridized carbons (Fsp3) is 0.238. The summed E-state index contributed by atoms with van der Waals surface area (Å²) in [5, 5.41) is 2.64. The molecule has 3 heteroatoms. The molecule has 2 aliphatic carbocycles. The lowest BCUT2D eigenvalue weighted by molar-refractivity contribution is -0.121. The zero-order chi connectivity index (χ0) is 16.4. The van der Waals surface area contributed by atoms with Gasteiger partial charge in [-0.3, -0.25) is 4.79 Å². The van der Waals surface area contributed by atoms with Crippen LogP contribution in [0.25, 0.3) is 16.8 Å². The maximum absolute atomic E-state index is 11.6. The van der Waals surface area contributed by atoms with Crippen LogP contribution in [0.1, 0.15) is 37.7 Å². The molecule has 0 N–H and O–H groups in total. The van der Waals surface area contributed by atoms with E-state index in [4.69, 9.17) is 0 Å². The number of benzene rings is 2. The Morgan fingerprint density at radius 3 is 2.88 bits per heavy atom. The molecule has 1 heterocycles. The number of oxazole rings is 1. The molecule has 2 unspecified atom stereocenters. The average Bonchev–Trinajstić information content (AvgIpc) is 3.21. The van der Waals surface area contributed by atoms with Gasteiger partial charge in [0.2, 0.25) is 0 Å². The van der Waals surface area contributed by atoms with Gasteiger partial charge < -0.3 is 4.42 Å². The summed E-state index contributed by atoms with van der Waals surface area (Å²) in [4.78, 5) is 15.2. The lowest BCUT2D eigenvalue weighted by Gasteiger charge is -2.33. The van der Waals surface area contributed by atoms with E-state index in [-0.39, 0.29) is 1.43 Å². The van der Waals surface area contributed by atoms with E-state index in [9.17, 15) is 4.79 Å². The number of fused-ring (bicyclic) bond motifs is 5. The third-order valence-electron chi connectivity index (χ3n) is 4.98. The Morgan fingerprint density at radius 1 is 1.17 bits per heavy atom. The molecular weight excluding hydrogens is 298 g/mol. The summed E-state index contributed by atoms with van der Waals surface area (Å²) >= 11 is 0. The molecule has 5 rings (SSSR count). The fourth-order valence-corrected chi connectivity index (χ4v) is 3.84. The van der Waals surface area contributed by atoms with Crippen LogP contribution >= 0.6 is 0 Å². The molecule has 1 aromatic heterocycles. The first-order valence-electron chi connectivity index (χ1n) is 8.36. The predicted molar refractivity (Wildman–Crippen MR) is 96.7 cm³/mol. The van der Waals surface area contributed by atoms with Gasteiger partial charge in [0.1, 0.15) is 12.0 Å². The summed E-state index contributed by atoms with van der Waals surface area (Å²) in [7, 11) is 0. The molecule has 3 aromatic rings. The second-order valence-corrected chi connectivity index (χ2v) is 6.38. The highest BCUT2D eigenvalue weighted by molar-refractivity contribution is 5.93. The van der Waals surface area contributed by atoms with Gasteiger partial charge in [-0.25, -0.2) is 4.98 Å². The molecule has 0 spiro atoms. The molecule has 2 aliphatic rings. The second kappa shape index (κ2) is 6.44. The highest BCUT2D eigenvalue weighted by atomic mass is 16.3. The lowest BCUT2D eigenvalue weighted by atomic mass is 9.70. The molecule has 1 saturated carbocycles. The van der Waals surface area contributed by atoms with Crippen LogP contribution in [0.4, 0.5) is 0 Å². The number of allylic oxidation sites excluding steroid dienone is 1. The largest absolute Gasteiger partial charge is 0.452 e. The lowest BCUT2D eigenvalue weighted by Crippen LogP contribution is -2.24. The molecule has 2 aromatic carbocycles. The minimum atomic E-state index is 0. The van der Waals surface area contributed by atoms with Crippen molar-refractivity contribution in [3.8, 4) is 0 Å². The quantitative estimate of drug-likeness (QED) is 0.569. The van der Waals surface area contributed by atoms with Gasteiger partial charge in [-0.1, -0.05) is 48.6 Å². The molecule has 0 bridgehead atoms. The zero-order valence-corrected chi connectivity index (χ0v) is 13.4. The van der Waals surface area contributed by atoms with E-state index in [1.165, 1.54) is 34.6 Å². The molecule has 24 heavy (non-hydrogen) atoms. The van der Waals surface area contributed by atoms with Gasteiger partial charge in [-0.15, -0.1) is 0 Å². The zero-order valence-electron chi connectivity index (χ0n) is 13.4. The van der Waals surface area contributed by atoms with E-state index in [1.54, 1.807) is 6.20 Å². The van der Waals surface area contributed by atoms with Crippen molar-refractivity contribution in [3.05, 3.63) is 72.5 Å². The number of rotatable bonds is 0. The molecular formula is C21H21NO2. The van der Waals surface area contributed by atoms with Gasteiger partial charge in [0.15, 0.2) is 6.39 Å². The summed E-state index contributed by atoms with van der Waals surface area (Å²) in [5.74, 6) is 1.40. The Labute approximate surface area is 142 Å². The first-order valence-corrected chi connectivity index (χ1v) is 8.36. The molecule has 0 radical (unpaired) electrons. The summed E-state index contributed by atoms with van der Waals surface area (Å²) in [5.41, 5.74) is 2.81. The van der Waals surface area contributed by atoms with Crippen molar-refractivity contribution in [1.82, 2.24) is 4.98 Å². The summed E-state index contributed by atoms with van der Waals surface area (Å²) in [6, 6.07) is 13.1. The van der Waals surface area contributed by atoms with Crippen LogP contribution in [-0.2, 0) is 4.79 Å². The van der Waals surface area contributed by atoms with E-state index in [2.05, 4.69) is 58.0 Å². The SMILES string of the molecule is O=C1CCC2c3ccc4ccccc4c3C=CC2C1.[HH].c1cocn1. The molecule has 0 saturated heterocycles. The minimum Gasteiger partial charge on any atom is -0.452 e. The molecule has 2 atom stereocenters. The van der Waals surface area contributed by atoms with E-state index >= 15 is 0 Å². The van der Waals surface area contributed by atoms with E-state index in [0.29, 0.717) is 17.6 Å². The smallest absolute Gasteiger partial charge is 0.180 e. The van der Waals surface area contributed by atoms with Gasteiger partial charge >= 0.3 is 0 Å². The number of aromatic nitrogens is 1. The molecule has 0 amide bonds. The summed E-state index contributed by atoms with van der Waals surface area (Å²) in [6.07, 6.45) is 11.5. The number of hydrogen-bond donors (Lipinski definition) is 0. The van der Waals surface area contributed by atoms with Crippen LogP contribution in [0, 0.1) is 5.92 Å². The predicted octanol–water partition coefficient (Wildman–Crippen LogP) is 5.24. The second-order valence-electron chi connectivity index (χ2n) is 6.38. The van der Waals surface area contributed by atoms with E-state index < -0.39 is 0 Å². The van der Waals surface area contributed by atoms with Crippen LogP contribution in [0.5, 0.6) is 0 Å². The van der Waals surface area contributed by atoms with Crippen molar-refractivity contribution in [1.29, 1.82) is 0 Å². The van der Waals surface area contributed by atoms with Crippen molar-refractivity contribution in [2.45, 2.75) is 25.2 Å². The van der Waals surface area contributed by atoms with Gasteiger partial charge in [0.05, 0.1) is 6.20 Å². The van der Waals surface area contributed by atoms with Gasteiger partial charge in [0, 0.05) is 14.3 Å². The van der Waals surface area contributed by atoms with Crippen molar-refractivity contribution in [2.24, 2.45) is 5.92 Å². The maximum atomic E-state index is 11.6. The van der Waals surface area contributed by atoms with Crippen molar-refractivity contribution < 1.29 is 10.6 Å². The van der Waals surface area contributed by atoms with Crippen LogP contribution in [-0.4, -0.2) is 10.8 Å². The Kier molecular flexibility index (Phi) is 3.99. The maximum Gasteiger partial charge on any atom is 0.180 e. The van der Waals surface area contributed by atoms with E-state index in [1.807, 2.05) is 0 Å². The number of carbonyl (C=O) groups excluding carboxylic acids is 1. The Hall–Kier alpha value is -2.68. The van der Waals surface area contributed by atoms with Crippen LogP contribution in [0.15, 0.2) is 65.7 Å². The fourth-order valence-electron chi connectivity index (χ4n) is 3.84. The molecule has 0 aliphatic heterocycles. The molecule has 1 fully saturated rings. The highest BCUT2D eigenvalue weighted by Gasteiger charge is 2.32. The monoisotopic (exact) mass is 319 g/mol. The standard InChI is InChI=1S/C18H16O.C3H3NO.H2/c19-14-7-10-16-13(11-14)6-9-17-15-4-2-1-3-12(15)5-8-18(16)17;1-2-5-3-4-1;/h1-6,8-9,13,16H,7,10-11H2;1-3H;1H. The third kappa shape index (κ3) is 2.78. The third-order valence-corrected chi connectivity index (χ3v) is 4.98. The topological polar surface area (TPSA) is 43.1 Å².